The quantitative estimate of drug-likeness (QED) is 0.111. The lowest BCUT2D eigenvalue weighted by Gasteiger charge is -2.49. The molecule has 2 aliphatic rings. The number of carboxylic acid groups (broad SMARTS) is 3. The number of anilines is 1. The van der Waals surface area contributed by atoms with Crippen LogP contribution in [0.4, 0.5) is 10.5 Å². The number of carboxylic acids is 3. The summed E-state index contributed by atoms with van der Waals surface area (Å²) in [6.45, 7) is -0.985. The third-order valence-corrected chi connectivity index (χ3v) is 8.39. The Labute approximate surface area is 250 Å². The number of thioether (sulfide) groups is 2. The third-order valence-electron chi connectivity index (χ3n) is 6.00. The van der Waals surface area contributed by atoms with Crippen molar-refractivity contribution in [2.75, 3.05) is 23.4 Å². The summed E-state index contributed by atoms with van der Waals surface area (Å²) in [7, 11) is 0. The summed E-state index contributed by atoms with van der Waals surface area (Å²) in [6.07, 6.45) is -1.01. The van der Waals surface area contributed by atoms with Crippen molar-refractivity contribution in [3.05, 3.63) is 41.1 Å². The van der Waals surface area contributed by atoms with E-state index in [4.69, 9.17) is 20.7 Å². The van der Waals surface area contributed by atoms with Crippen molar-refractivity contribution in [2.45, 2.75) is 35.6 Å². The van der Waals surface area contributed by atoms with E-state index < -0.39 is 66.4 Å². The maximum absolute atomic E-state index is 12.9. The van der Waals surface area contributed by atoms with Gasteiger partial charge in [0.25, 0.3) is 5.91 Å². The van der Waals surface area contributed by atoms with E-state index in [9.17, 15) is 33.9 Å². The van der Waals surface area contributed by atoms with Crippen molar-refractivity contribution in [1.82, 2.24) is 30.4 Å². The molecule has 4 rings (SSSR count). The zero-order chi connectivity index (χ0) is 31.3. The lowest BCUT2D eigenvalue weighted by Crippen LogP contribution is -2.70. The zero-order valence-electron chi connectivity index (χ0n) is 21.9. The minimum absolute atomic E-state index is 0.0978. The number of fused-ring (bicyclic) bond motifs is 1. The molecular formula is C23H24N8O10S2. The standard InChI is InChI=1S/C23H24N8O10S2/c24-13(20(36)37)7-41-23(40)25-12-3-1-10(2-4-12)5-14(32)26-16-18(35)31-17(21(38)39)11(8-42-19(16)31)9-43-22-27-28-29-30(22)6-15(33)34/h1-4,13,16,19H,5-9,24H2,(H,25,40)(H,26,32)(H,33,34)(H,36,37)(H,38,39)/t13-,16-,19+/m1/s1. The molecule has 0 spiro atoms. The van der Waals surface area contributed by atoms with Gasteiger partial charge in [-0.05, 0) is 33.7 Å². The first-order valence-corrected chi connectivity index (χ1v) is 14.3. The monoisotopic (exact) mass is 636 g/mol. The molecule has 0 unspecified atom stereocenters. The number of nitrogens with one attached hydrogen (secondary N) is 2. The van der Waals surface area contributed by atoms with Gasteiger partial charge in [-0.3, -0.25) is 29.4 Å². The Bertz CT molecular complexity index is 1480. The molecule has 0 aliphatic carbocycles. The predicted molar refractivity (Wildman–Crippen MR) is 147 cm³/mol. The summed E-state index contributed by atoms with van der Waals surface area (Å²) in [6, 6.07) is 3.83. The number of aliphatic carboxylic acids is 3. The molecule has 3 atom stereocenters. The van der Waals surface area contributed by atoms with Gasteiger partial charge in [0, 0.05) is 17.2 Å². The molecule has 7 N–H and O–H groups in total. The molecule has 0 saturated carbocycles. The molecule has 1 aromatic carbocycles. The second-order valence-electron chi connectivity index (χ2n) is 9.06. The lowest BCUT2D eigenvalue weighted by molar-refractivity contribution is -0.150. The first-order chi connectivity index (χ1) is 20.4. The number of benzene rings is 1. The molecular weight excluding hydrogens is 612 g/mol. The van der Waals surface area contributed by atoms with Gasteiger partial charge in [0.05, 0.1) is 6.42 Å². The maximum atomic E-state index is 12.9. The molecule has 0 bridgehead atoms. The number of carbonyl (C=O) groups is 6. The maximum Gasteiger partial charge on any atom is 0.411 e. The Morgan fingerprint density at radius 2 is 1.88 bits per heavy atom. The van der Waals surface area contributed by atoms with Gasteiger partial charge in [0.15, 0.2) is 0 Å². The van der Waals surface area contributed by atoms with E-state index in [2.05, 4.69) is 26.2 Å². The number of hydrogen-bond donors (Lipinski definition) is 6. The van der Waals surface area contributed by atoms with Crippen LogP contribution < -0.4 is 16.4 Å². The highest BCUT2D eigenvalue weighted by Crippen LogP contribution is 2.41. The van der Waals surface area contributed by atoms with Crippen molar-refractivity contribution in [3.8, 4) is 0 Å². The van der Waals surface area contributed by atoms with Crippen LogP contribution in [0.1, 0.15) is 5.56 Å². The van der Waals surface area contributed by atoms with E-state index in [1.54, 1.807) is 12.1 Å². The molecule has 2 aromatic rings. The SMILES string of the molecule is N[C@H](COC(=O)Nc1ccc(CC(=O)N[C@@H]2C(=O)N3C(C(=O)O)=C(CSc4nnnn4CC(=O)O)CS[C@@H]23)cc1)C(=O)O. The molecule has 18 nitrogen and oxygen atoms in total. The van der Waals surface area contributed by atoms with Crippen LogP contribution in [0, 0.1) is 0 Å². The molecule has 1 aromatic heterocycles. The fraction of sp³-hybridized carbons (Fsp3) is 0.348. The molecule has 20 heteroatoms. The second kappa shape index (κ2) is 13.5. The number of hydrogen-bond acceptors (Lipinski definition) is 13. The summed E-state index contributed by atoms with van der Waals surface area (Å²) < 4.78 is 5.79. The number of nitrogens with zero attached hydrogens (tertiary/aromatic N) is 5. The van der Waals surface area contributed by atoms with Crippen molar-refractivity contribution < 1.29 is 48.8 Å². The van der Waals surface area contributed by atoms with E-state index in [0.29, 0.717) is 16.8 Å². The van der Waals surface area contributed by atoms with Crippen molar-refractivity contribution in [2.24, 2.45) is 5.73 Å². The number of amides is 3. The summed E-state index contributed by atoms with van der Waals surface area (Å²) in [5, 5.41) is 42.9. The number of carbonyl (C=O) groups excluding carboxylic acids is 3. The van der Waals surface area contributed by atoms with E-state index >= 15 is 0 Å². The van der Waals surface area contributed by atoms with Crippen molar-refractivity contribution in [3.63, 3.8) is 0 Å². The average molecular weight is 637 g/mol. The number of β-lactam (4-membered cyclic amide) rings is 1. The van der Waals surface area contributed by atoms with Crippen LogP contribution in [0.25, 0.3) is 0 Å². The zero-order valence-corrected chi connectivity index (χ0v) is 23.5. The van der Waals surface area contributed by atoms with Crippen LogP contribution in [0.3, 0.4) is 0 Å². The normalized spacial score (nSPS) is 18.3. The van der Waals surface area contributed by atoms with Gasteiger partial charge in [-0.25, -0.2) is 14.3 Å². The Morgan fingerprint density at radius 3 is 2.53 bits per heavy atom. The van der Waals surface area contributed by atoms with Crippen LogP contribution in [0.15, 0.2) is 40.7 Å². The van der Waals surface area contributed by atoms with Gasteiger partial charge in [-0.1, -0.05) is 23.9 Å². The molecule has 3 heterocycles. The summed E-state index contributed by atoms with van der Waals surface area (Å²) in [5.41, 5.74) is 6.37. The van der Waals surface area contributed by atoms with Gasteiger partial charge in [0.1, 0.15) is 36.3 Å². The molecule has 228 valence electrons. The van der Waals surface area contributed by atoms with Gasteiger partial charge < -0.3 is 31.1 Å². The lowest BCUT2D eigenvalue weighted by atomic mass is 10.0. The molecule has 1 saturated heterocycles. The van der Waals surface area contributed by atoms with Gasteiger partial charge in [-0.15, -0.1) is 16.9 Å². The van der Waals surface area contributed by atoms with Crippen LogP contribution in [0.2, 0.25) is 0 Å². The largest absolute Gasteiger partial charge is 0.480 e. The number of aromatic nitrogens is 4. The van der Waals surface area contributed by atoms with Gasteiger partial charge >= 0.3 is 24.0 Å². The first-order valence-electron chi connectivity index (χ1n) is 12.3. The average Bonchev–Trinajstić information content (AvgIpc) is 3.39. The van der Waals surface area contributed by atoms with Crippen LogP contribution in [0.5, 0.6) is 0 Å². The van der Waals surface area contributed by atoms with Crippen LogP contribution in [-0.2, 0) is 41.7 Å². The summed E-state index contributed by atoms with van der Waals surface area (Å²) in [4.78, 5) is 72.3. The number of rotatable bonds is 13. The third kappa shape index (κ3) is 7.59. The highest BCUT2D eigenvalue weighted by molar-refractivity contribution is 8.01. The van der Waals surface area contributed by atoms with E-state index in [1.165, 1.54) is 23.9 Å². The van der Waals surface area contributed by atoms with Crippen LogP contribution in [-0.4, -0.2) is 112 Å². The van der Waals surface area contributed by atoms with Gasteiger partial charge in [-0.2, -0.15) is 0 Å². The van der Waals surface area contributed by atoms with Crippen molar-refractivity contribution in [1.29, 1.82) is 0 Å². The molecule has 43 heavy (non-hydrogen) atoms. The smallest absolute Gasteiger partial charge is 0.411 e. The van der Waals surface area contributed by atoms with Gasteiger partial charge in [0.2, 0.25) is 11.1 Å². The minimum atomic E-state index is -1.36. The summed E-state index contributed by atoms with van der Waals surface area (Å²) >= 11 is 2.32. The number of tetrazole rings is 1. The van der Waals surface area contributed by atoms with E-state index in [-0.39, 0.29) is 28.8 Å². The Kier molecular flexibility index (Phi) is 9.83. The molecule has 1 fully saturated rings. The molecule has 0 radical (unpaired) electrons. The molecule has 2 aliphatic heterocycles. The Hall–Kier alpha value is -4.69. The number of nitrogens with two attached hydrogens (primary N) is 1. The second-order valence-corrected chi connectivity index (χ2v) is 11.1. The van der Waals surface area contributed by atoms with E-state index in [0.717, 1.165) is 21.3 Å². The molecule has 3 amide bonds. The highest BCUT2D eigenvalue weighted by Gasteiger charge is 2.54. The Morgan fingerprint density at radius 1 is 1.16 bits per heavy atom. The van der Waals surface area contributed by atoms with Crippen molar-refractivity contribution >= 4 is 65.0 Å². The first kappa shape index (κ1) is 31.3. The minimum Gasteiger partial charge on any atom is -0.480 e. The fourth-order valence-electron chi connectivity index (χ4n) is 3.98. The highest BCUT2D eigenvalue weighted by atomic mass is 32.2. The summed E-state index contributed by atoms with van der Waals surface area (Å²) in [5.74, 6) is -4.50. The fourth-order valence-corrected chi connectivity index (χ4v) is 6.34. The van der Waals surface area contributed by atoms with E-state index in [1.807, 2.05) is 0 Å². The van der Waals surface area contributed by atoms with Crippen LogP contribution >= 0.6 is 23.5 Å². The Balaban J connectivity index is 1.31. The topological polar surface area (TPSA) is 269 Å². The predicted octanol–water partition coefficient (Wildman–Crippen LogP) is -1.21. The number of ether oxygens (including phenoxy) is 1.